The number of carbonyl (C=O) groups excluding carboxylic acids is 1. The van der Waals surface area contributed by atoms with Crippen molar-refractivity contribution in [2.45, 2.75) is 33.1 Å². The number of quaternary nitrogens is 1. The summed E-state index contributed by atoms with van der Waals surface area (Å²) in [6.07, 6.45) is 8.22. The molecule has 2 aromatic rings. The van der Waals surface area contributed by atoms with Gasteiger partial charge in [-0.1, -0.05) is 0 Å². The van der Waals surface area contributed by atoms with Gasteiger partial charge in [0.05, 0.1) is 0 Å². The zero-order valence-electron chi connectivity index (χ0n) is 16.4. The second kappa shape index (κ2) is 9.93. The van der Waals surface area contributed by atoms with Crippen LogP contribution in [0.1, 0.15) is 38.7 Å². The fourth-order valence-electron chi connectivity index (χ4n) is 3.17. The van der Waals surface area contributed by atoms with Gasteiger partial charge in [-0.3, -0.25) is 0 Å². The van der Waals surface area contributed by atoms with E-state index in [1.165, 1.54) is 3.11 Å². The van der Waals surface area contributed by atoms with Crippen molar-refractivity contribution in [1.29, 1.82) is 0 Å². The van der Waals surface area contributed by atoms with Crippen LogP contribution in [0.3, 0.4) is 0 Å². The summed E-state index contributed by atoms with van der Waals surface area (Å²) in [6.45, 7) is 6.48. The van der Waals surface area contributed by atoms with E-state index < -0.39 is 21.5 Å². The van der Waals surface area contributed by atoms with E-state index >= 15 is 0 Å². The normalized spacial score (nSPS) is 13.7. The summed E-state index contributed by atoms with van der Waals surface area (Å²) in [5.74, 6) is 0.498. The molecule has 0 amide bonds. The monoisotopic (exact) mass is 490 g/mol. The van der Waals surface area contributed by atoms with Crippen LogP contribution < -0.4 is 30.3 Å². The number of rotatable bonds is 8. The molecule has 0 bridgehead atoms. The van der Waals surface area contributed by atoms with E-state index in [0.29, 0.717) is 12.3 Å². The standard InChI is InChI=1S/C22H27IN4O/c1-3-10-27(11-4-2)23-22(28)19-12-17-8-7-16(18-6-5-9-25-15-18)13-20(17)26-21(24)14-19/h5-9,12-13,15,27H,3-4,10-11,14H2,1-2H3,(H2,24,26). The fourth-order valence-corrected chi connectivity index (χ4v) is 6.18. The molecule has 0 unspecified atom stereocenters. The maximum absolute atomic E-state index is 13.0. The number of amidine groups is 1. The third-order valence-corrected chi connectivity index (χ3v) is 7.53. The van der Waals surface area contributed by atoms with Gasteiger partial charge in [-0.2, -0.15) is 0 Å². The zero-order chi connectivity index (χ0) is 19.9. The summed E-state index contributed by atoms with van der Waals surface area (Å²) in [7, 11) is 0. The van der Waals surface area contributed by atoms with Gasteiger partial charge in [0, 0.05) is 0 Å². The van der Waals surface area contributed by atoms with E-state index in [1.807, 2.05) is 42.6 Å². The molecule has 1 aromatic carbocycles. The molecule has 148 valence electrons. The Hall–Kier alpha value is -2.06. The van der Waals surface area contributed by atoms with Crippen LogP contribution in [-0.4, -0.2) is 27.7 Å². The van der Waals surface area contributed by atoms with Crippen LogP contribution in [-0.2, 0) is 4.79 Å². The Labute approximate surface area is 177 Å². The third kappa shape index (κ3) is 5.26. The van der Waals surface area contributed by atoms with E-state index in [-0.39, 0.29) is 3.79 Å². The first-order valence-corrected chi connectivity index (χ1v) is 11.9. The molecule has 6 heteroatoms. The van der Waals surface area contributed by atoms with Crippen LogP contribution >= 0.6 is 0 Å². The molecule has 3 rings (SSSR count). The van der Waals surface area contributed by atoms with Crippen LogP contribution in [0.4, 0.5) is 5.69 Å². The Bertz CT molecular complexity index is 887. The number of halogens is 1. The Morgan fingerprint density at radius 3 is 2.64 bits per heavy atom. The Morgan fingerprint density at radius 2 is 1.96 bits per heavy atom. The summed E-state index contributed by atoms with van der Waals surface area (Å²) >= 11 is -0.616. The van der Waals surface area contributed by atoms with Gasteiger partial charge in [0.1, 0.15) is 0 Å². The molecule has 1 aromatic heterocycles. The van der Waals surface area contributed by atoms with Gasteiger partial charge in [0.15, 0.2) is 0 Å². The molecular formula is C22H27IN4O. The van der Waals surface area contributed by atoms with Gasteiger partial charge in [-0.15, -0.1) is 0 Å². The van der Waals surface area contributed by atoms with Crippen molar-refractivity contribution in [2.75, 3.05) is 13.1 Å². The fraction of sp³-hybridized carbons (Fsp3) is 0.318. The second-order valence-corrected chi connectivity index (χ2v) is 9.89. The first kappa shape index (κ1) is 20.7. The molecule has 0 spiro atoms. The Morgan fingerprint density at radius 1 is 1.18 bits per heavy atom. The van der Waals surface area contributed by atoms with E-state index in [2.05, 4.69) is 23.8 Å². The minimum absolute atomic E-state index is 0.276. The van der Waals surface area contributed by atoms with Crippen molar-refractivity contribution in [2.24, 2.45) is 10.7 Å². The van der Waals surface area contributed by atoms with Gasteiger partial charge in [0.2, 0.25) is 0 Å². The van der Waals surface area contributed by atoms with Crippen LogP contribution in [0, 0.1) is 0 Å². The van der Waals surface area contributed by atoms with Crippen molar-refractivity contribution in [3.05, 3.63) is 53.9 Å². The zero-order valence-corrected chi connectivity index (χ0v) is 18.6. The number of nitrogens with one attached hydrogen (secondary N) is 1. The van der Waals surface area contributed by atoms with E-state index in [0.717, 1.165) is 53.9 Å². The minimum atomic E-state index is -0.616. The van der Waals surface area contributed by atoms with Gasteiger partial charge >= 0.3 is 178 Å². The second-order valence-electron chi connectivity index (χ2n) is 6.85. The van der Waals surface area contributed by atoms with Crippen molar-refractivity contribution < 1.29 is 29.4 Å². The molecule has 3 N–H and O–H groups in total. The number of aromatic nitrogens is 1. The molecule has 0 radical (unpaired) electrons. The van der Waals surface area contributed by atoms with E-state index in [1.54, 1.807) is 6.20 Å². The van der Waals surface area contributed by atoms with Crippen molar-refractivity contribution in [1.82, 2.24) is 4.98 Å². The number of hydrogen-bond donors (Lipinski definition) is 2. The summed E-state index contributed by atoms with van der Waals surface area (Å²) < 4.78 is 1.72. The molecule has 1 aliphatic rings. The van der Waals surface area contributed by atoms with Crippen LogP contribution in [0.5, 0.6) is 0 Å². The van der Waals surface area contributed by atoms with Gasteiger partial charge < -0.3 is 0 Å². The molecule has 5 nitrogen and oxygen atoms in total. The van der Waals surface area contributed by atoms with Crippen molar-refractivity contribution >= 4 is 21.4 Å². The average molecular weight is 490 g/mol. The third-order valence-electron chi connectivity index (χ3n) is 4.51. The summed E-state index contributed by atoms with van der Waals surface area (Å²) in [6, 6.07) is 10.0. The number of fused-ring (bicyclic) bond motifs is 1. The summed E-state index contributed by atoms with van der Waals surface area (Å²) in [5, 5.41) is 0. The summed E-state index contributed by atoms with van der Waals surface area (Å²) in [4.78, 5) is 21.8. The average Bonchev–Trinajstić information content (AvgIpc) is 2.86. The number of aliphatic imine (C=N–C) groups is 1. The first-order valence-electron chi connectivity index (χ1n) is 9.72. The van der Waals surface area contributed by atoms with Gasteiger partial charge in [-0.05, 0) is 0 Å². The molecule has 28 heavy (non-hydrogen) atoms. The van der Waals surface area contributed by atoms with Crippen LogP contribution in [0.15, 0.2) is 53.3 Å². The maximum atomic E-state index is 13.0. The van der Waals surface area contributed by atoms with Gasteiger partial charge in [0.25, 0.3) is 0 Å². The van der Waals surface area contributed by atoms with E-state index in [4.69, 9.17) is 5.73 Å². The van der Waals surface area contributed by atoms with Crippen molar-refractivity contribution in [3.63, 3.8) is 0 Å². The molecule has 2 heterocycles. The molecule has 0 saturated heterocycles. The van der Waals surface area contributed by atoms with Crippen LogP contribution in [0.25, 0.3) is 17.2 Å². The molecule has 0 fully saturated rings. The topological polar surface area (TPSA) is 72.8 Å². The molecule has 0 saturated carbocycles. The first-order chi connectivity index (χ1) is 13.6. The predicted octanol–water partition coefficient (Wildman–Crippen LogP) is -0.240. The number of pyridine rings is 1. The molecular weight excluding hydrogens is 463 g/mol. The Kier molecular flexibility index (Phi) is 7.33. The number of benzene rings is 1. The quantitative estimate of drug-likeness (QED) is 0.305. The van der Waals surface area contributed by atoms with E-state index in [9.17, 15) is 4.79 Å². The predicted molar refractivity (Wildman–Crippen MR) is 110 cm³/mol. The SMILES string of the molecule is CCC[NH+](CCC)[I-]C(=O)C1=Cc2ccc(-c3cccnc3)cc2N=C(N)C1. The number of hydrogen-bond acceptors (Lipinski definition) is 4. The number of carbonyl (C=O) groups is 1. The molecule has 0 aliphatic carbocycles. The molecule has 1 aliphatic heterocycles. The van der Waals surface area contributed by atoms with Crippen LogP contribution in [0.2, 0.25) is 0 Å². The van der Waals surface area contributed by atoms with Crippen molar-refractivity contribution in [3.8, 4) is 11.1 Å². The number of nitrogens with zero attached hydrogens (tertiary/aromatic N) is 2. The summed E-state index contributed by atoms with van der Waals surface area (Å²) in [5.41, 5.74) is 10.8. The Balaban J connectivity index is 1.87. The van der Waals surface area contributed by atoms with Gasteiger partial charge in [-0.25, -0.2) is 0 Å². The molecule has 0 atom stereocenters. The number of nitrogens with two attached hydrogens (primary N) is 1.